The summed E-state index contributed by atoms with van der Waals surface area (Å²) in [5.74, 6) is -1.07. The number of urea groups is 1. The van der Waals surface area contributed by atoms with Gasteiger partial charge in [0.2, 0.25) is 0 Å². The maximum Gasteiger partial charge on any atom is 0.337 e. The van der Waals surface area contributed by atoms with E-state index in [1.165, 1.54) is 11.6 Å². The van der Waals surface area contributed by atoms with Crippen LogP contribution in [0.15, 0.2) is 34.3 Å². The molecule has 106 valence electrons. The summed E-state index contributed by atoms with van der Waals surface area (Å²) in [7, 11) is 0. The van der Waals surface area contributed by atoms with Crippen LogP contribution in [0, 0.1) is 0 Å². The molecule has 2 N–H and O–H groups in total. The summed E-state index contributed by atoms with van der Waals surface area (Å²) >= 11 is 3.22. The summed E-state index contributed by atoms with van der Waals surface area (Å²) in [6.07, 6.45) is 2.85. The number of nitrogens with zero attached hydrogens (tertiary/aromatic N) is 1. The summed E-state index contributed by atoms with van der Waals surface area (Å²) in [5.41, 5.74) is 1.64. The number of benzene rings is 1. The Morgan fingerprint density at radius 3 is 2.75 bits per heavy atom. The number of carbonyl (C=O) groups is 2. The van der Waals surface area contributed by atoms with E-state index in [2.05, 4.69) is 21.2 Å². The lowest BCUT2D eigenvalue weighted by Gasteiger charge is -2.26. The zero-order valence-corrected chi connectivity index (χ0v) is 12.6. The Kier molecular flexibility index (Phi) is 4.44. The standard InChI is InChI=1S/C14H15BrN2O3/c1-9-4-6-17(7-5-9)14(20)16-12-3-2-10(15)8-11(12)13(18)19/h2-4,8H,5-7H2,1H3,(H,16,20)(H,18,19). The molecule has 5 nitrogen and oxygen atoms in total. The quantitative estimate of drug-likeness (QED) is 0.812. The van der Waals surface area contributed by atoms with Crippen LogP contribution in [-0.2, 0) is 0 Å². The number of carbonyl (C=O) groups excluding carboxylic acids is 1. The molecule has 2 amide bonds. The lowest BCUT2D eigenvalue weighted by atomic mass is 10.1. The van der Waals surface area contributed by atoms with E-state index < -0.39 is 5.97 Å². The Balaban J connectivity index is 2.14. The highest BCUT2D eigenvalue weighted by molar-refractivity contribution is 9.10. The van der Waals surface area contributed by atoms with Crippen molar-refractivity contribution in [1.82, 2.24) is 4.90 Å². The fourth-order valence-corrected chi connectivity index (χ4v) is 2.31. The van der Waals surface area contributed by atoms with Gasteiger partial charge in [-0.25, -0.2) is 9.59 Å². The van der Waals surface area contributed by atoms with Crippen molar-refractivity contribution in [3.8, 4) is 0 Å². The first-order valence-corrected chi connectivity index (χ1v) is 7.01. The third-order valence-corrected chi connectivity index (χ3v) is 3.67. The number of halogens is 1. The maximum absolute atomic E-state index is 12.1. The number of hydrogen-bond donors (Lipinski definition) is 2. The minimum absolute atomic E-state index is 0.0662. The van der Waals surface area contributed by atoms with Crippen molar-refractivity contribution in [3.05, 3.63) is 39.9 Å². The first kappa shape index (κ1) is 14.6. The van der Waals surface area contributed by atoms with E-state index in [9.17, 15) is 9.59 Å². The second-order valence-corrected chi connectivity index (χ2v) is 5.59. The van der Waals surface area contributed by atoms with Crippen molar-refractivity contribution in [3.63, 3.8) is 0 Å². The third kappa shape index (κ3) is 3.39. The average Bonchev–Trinajstić information content (AvgIpc) is 2.41. The molecule has 0 bridgehead atoms. The normalized spacial score (nSPS) is 14.7. The Morgan fingerprint density at radius 1 is 1.40 bits per heavy atom. The van der Waals surface area contributed by atoms with Gasteiger partial charge in [-0.2, -0.15) is 0 Å². The van der Waals surface area contributed by atoms with Gasteiger partial charge in [-0.1, -0.05) is 27.6 Å². The van der Waals surface area contributed by atoms with Gasteiger partial charge in [0.15, 0.2) is 0 Å². The molecule has 6 heteroatoms. The van der Waals surface area contributed by atoms with Crippen molar-refractivity contribution in [1.29, 1.82) is 0 Å². The van der Waals surface area contributed by atoms with Crippen LogP contribution in [0.3, 0.4) is 0 Å². The number of carboxylic acids is 1. The highest BCUT2D eigenvalue weighted by Crippen LogP contribution is 2.22. The molecule has 0 aromatic heterocycles. The van der Waals surface area contributed by atoms with Crippen LogP contribution in [0.1, 0.15) is 23.7 Å². The first-order chi connectivity index (χ1) is 9.47. The van der Waals surface area contributed by atoms with E-state index in [1.54, 1.807) is 17.0 Å². The molecule has 1 aromatic carbocycles. The van der Waals surface area contributed by atoms with Gasteiger partial charge < -0.3 is 15.3 Å². The summed E-state index contributed by atoms with van der Waals surface area (Å²) in [5, 5.41) is 11.8. The van der Waals surface area contributed by atoms with Gasteiger partial charge in [0.1, 0.15) is 0 Å². The van der Waals surface area contributed by atoms with Gasteiger partial charge >= 0.3 is 12.0 Å². The summed E-state index contributed by atoms with van der Waals surface area (Å²) in [6, 6.07) is 4.47. The SMILES string of the molecule is CC1=CCN(C(=O)Nc2ccc(Br)cc2C(=O)O)CC1. The van der Waals surface area contributed by atoms with E-state index in [-0.39, 0.29) is 11.6 Å². The number of nitrogens with one attached hydrogen (secondary N) is 1. The molecule has 1 aliphatic heterocycles. The molecule has 0 spiro atoms. The summed E-state index contributed by atoms with van der Waals surface area (Å²) in [6.45, 7) is 3.23. The lowest BCUT2D eigenvalue weighted by Crippen LogP contribution is -2.38. The fraction of sp³-hybridized carbons (Fsp3) is 0.286. The number of hydrogen-bond acceptors (Lipinski definition) is 2. The van der Waals surface area contributed by atoms with Gasteiger partial charge in [0.25, 0.3) is 0 Å². The number of carboxylic acid groups (broad SMARTS) is 1. The van der Waals surface area contributed by atoms with Crippen LogP contribution in [0.5, 0.6) is 0 Å². The van der Waals surface area contributed by atoms with Crippen molar-refractivity contribution in [2.75, 3.05) is 18.4 Å². The van der Waals surface area contributed by atoms with E-state index in [1.807, 2.05) is 13.0 Å². The number of anilines is 1. The molecule has 20 heavy (non-hydrogen) atoms. The number of amides is 2. The molecule has 1 heterocycles. The van der Waals surface area contributed by atoms with Crippen LogP contribution in [0.4, 0.5) is 10.5 Å². The van der Waals surface area contributed by atoms with Crippen molar-refractivity contribution >= 4 is 33.6 Å². The topological polar surface area (TPSA) is 69.6 Å². The molecule has 0 atom stereocenters. The Hall–Kier alpha value is -1.82. The maximum atomic E-state index is 12.1. The predicted octanol–water partition coefficient (Wildman–Crippen LogP) is 3.33. The van der Waals surface area contributed by atoms with Gasteiger partial charge in [0.05, 0.1) is 11.3 Å². The Morgan fingerprint density at radius 2 is 2.15 bits per heavy atom. The number of rotatable bonds is 2. The third-order valence-electron chi connectivity index (χ3n) is 3.18. The van der Waals surface area contributed by atoms with Crippen molar-refractivity contribution in [2.45, 2.75) is 13.3 Å². The molecule has 2 rings (SSSR count). The highest BCUT2D eigenvalue weighted by atomic mass is 79.9. The Bertz CT molecular complexity index is 584. The highest BCUT2D eigenvalue weighted by Gasteiger charge is 2.18. The van der Waals surface area contributed by atoms with Gasteiger partial charge in [-0.3, -0.25) is 0 Å². The molecule has 0 fully saturated rings. The largest absolute Gasteiger partial charge is 0.478 e. The fourth-order valence-electron chi connectivity index (χ4n) is 1.95. The zero-order chi connectivity index (χ0) is 14.7. The summed E-state index contributed by atoms with van der Waals surface area (Å²) < 4.78 is 0.657. The smallest absolute Gasteiger partial charge is 0.337 e. The number of aromatic carboxylic acids is 1. The molecule has 0 unspecified atom stereocenters. The second-order valence-electron chi connectivity index (χ2n) is 4.67. The molecule has 0 aliphatic carbocycles. The molecular formula is C14H15BrN2O3. The van der Waals surface area contributed by atoms with E-state index in [4.69, 9.17) is 5.11 Å². The predicted molar refractivity (Wildman–Crippen MR) is 80.1 cm³/mol. The monoisotopic (exact) mass is 338 g/mol. The van der Waals surface area contributed by atoms with E-state index in [0.29, 0.717) is 23.2 Å². The van der Waals surface area contributed by atoms with Gasteiger partial charge in [-0.15, -0.1) is 0 Å². The zero-order valence-electron chi connectivity index (χ0n) is 11.0. The van der Waals surface area contributed by atoms with E-state index >= 15 is 0 Å². The van der Waals surface area contributed by atoms with Crippen molar-refractivity contribution < 1.29 is 14.7 Å². The minimum Gasteiger partial charge on any atom is -0.478 e. The molecule has 1 aromatic rings. The van der Waals surface area contributed by atoms with Crippen LogP contribution >= 0.6 is 15.9 Å². The van der Waals surface area contributed by atoms with Crippen LogP contribution in [0.2, 0.25) is 0 Å². The second kappa shape index (κ2) is 6.09. The lowest BCUT2D eigenvalue weighted by molar-refractivity contribution is 0.0698. The first-order valence-electron chi connectivity index (χ1n) is 6.22. The molecule has 0 radical (unpaired) electrons. The minimum atomic E-state index is -1.07. The molecule has 0 saturated carbocycles. The van der Waals surface area contributed by atoms with Gasteiger partial charge in [-0.05, 0) is 31.5 Å². The molecular weight excluding hydrogens is 324 g/mol. The Labute approximate surface area is 125 Å². The van der Waals surface area contributed by atoms with Crippen LogP contribution in [-0.4, -0.2) is 35.1 Å². The van der Waals surface area contributed by atoms with Crippen LogP contribution in [0.25, 0.3) is 0 Å². The molecule has 0 saturated heterocycles. The van der Waals surface area contributed by atoms with Gasteiger partial charge in [0, 0.05) is 17.6 Å². The van der Waals surface area contributed by atoms with Crippen molar-refractivity contribution in [2.24, 2.45) is 0 Å². The molecule has 1 aliphatic rings. The van der Waals surface area contributed by atoms with Crippen LogP contribution < -0.4 is 5.32 Å². The average molecular weight is 339 g/mol. The summed E-state index contributed by atoms with van der Waals surface area (Å²) in [4.78, 5) is 24.9. The van der Waals surface area contributed by atoms with E-state index in [0.717, 1.165) is 6.42 Å².